The number of nitrogens with one attached hydrogen (secondary N) is 1. The molecule has 0 spiro atoms. The van der Waals surface area contributed by atoms with Gasteiger partial charge in [-0.25, -0.2) is 12.7 Å². The maximum absolute atomic E-state index is 12.5. The Hall–Kier alpha value is -2.38. The molecule has 0 unspecified atom stereocenters. The highest BCUT2D eigenvalue weighted by atomic mass is 32.2. The van der Waals surface area contributed by atoms with Crippen molar-refractivity contribution in [1.29, 1.82) is 0 Å². The molecule has 2 aromatic rings. The van der Waals surface area contributed by atoms with Crippen LogP contribution in [0.1, 0.15) is 23.7 Å². The number of carbonyl (C=O) groups is 1. The molecule has 0 bridgehead atoms. The Morgan fingerprint density at radius 3 is 2.52 bits per heavy atom. The number of carbonyl (C=O) groups excluding carboxylic acids is 1. The van der Waals surface area contributed by atoms with Crippen molar-refractivity contribution in [3.63, 3.8) is 0 Å². The van der Waals surface area contributed by atoms with Crippen LogP contribution in [0.2, 0.25) is 0 Å². The third-order valence-corrected chi connectivity index (χ3v) is 5.28. The van der Waals surface area contributed by atoms with Gasteiger partial charge < -0.3 is 10.1 Å². The van der Waals surface area contributed by atoms with E-state index >= 15 is 0 Å². The molecule has 7 heteroatoms. The summed E-state index contributed by atoms with van der Waals surface area (Å²) < 4.78 is 31.1. The van der Waals surface area contributed by atoms with Crippen LogP contribution in [0, 0.1) is 0 Å². The van der Waals surface area contributed by atoms with Crippen LogP contribution in [0.15, 0.2) is 53.4 Å². The first kappa shape index (κ1) is 19.0. The lowest BCUT2D eigenvalue weighted by Crippen LogP contribution is -2.22. The lowest BCUT2D eigenvalue weighted by Gasteiger charge is -2.14. The third kappa shape index (κ3) is 4.58. The largest absolute Gasteiger partial charge is 0.491 e. The van der Waals surface area contributed by atoms with E-state index < -0.39 is 15.9 Å². The summed E-state index contributed by atoms with van der Waals surface area (Å²) in [4.78, 5) is 12.6. The van der Waals surface area contributed by atoms with Gasteiger partial charge >= 0.3 is 0 Å². The van der Waals surface area contributed by atoms with Gasteiger partial charge in [0.15, 0.2) is 0 Å². The molecular weight excluding hydrogens is 340 g/mol. The number of sulfonamides is 1. The average molecular weight is 362 g/mol. The van der Waals surface area contributed by atoms with Gasteiger partial charge in [0.1, 0.15) is 5.75 Å². The summed E-state index contributed by atoms with van der Waals surface area (Å²) in [7, 11) is -0.702. The van der Waals surface area contributed by atoms with Crippen LogP contribution in [-0.4, -0.2) is 39.3 Å². The van der Waals surface area contributed by atoms with Gasteiger partial charge in [0, 0.05) is 19.7 Å². The molecule has 2 aromatic carbocycles. The van der Waals surface area contributed by atoms with E-state index in [1.54, 1.807) is 30.3 Å². The van der Waals surface area contributed by atoms with E-state index in [0.29, 0.717) is 18.0 Å². The molecule has 0 saturated carbocycles. The zero-order chi connectivity index (χ0) is 18.4. The summed E-state index contributed by atoms with van der Waals surface area (Å²) in [6.45, 7) is 2.54. The average Bonchev–Trinajstić information content (AvgIpc) is 2.61. The molecule has 0 aliphatic rings. The Morgan fingerprint density at radius 2 is 1.84 bits per heavy atom. The van der Waals surface area contributed by atoms with E-state index in [1.165, 1.54) is 26.2 Å². The lowest BCUT2D eigenvalue weighted by atomic mass is 10.2. The van der Waals surface area contributed by atoms with E-state index in [4.69, 9.17) is 4.74 Å². The number of rotatable bonds is 7. The minimum atomic E-state index is -3.60. The van der Waals surface area contributed by atoms with Crippen LogP contribution in [-0.2, 0) is 10.0 Å². The predicted molar refractivity (Wildman–Crippen MR) is 97.5 cm³/mol. The number of nitrogens with zero attached hydrogens (tertiary/aromatic N) is 1. The molecule has 0 saturated heterocycles. The maximum Gasteiger partial charge on any atom is 0.255 e. The number of amides is 1. The zero-order valence-electron chi connectivity index (χ0n) is 14.5. The summed E-state index contributed by atoms with van der Waals surface area (Å²) >= 11 is 0. The topological polar surface area (TPSA) is 75.7 Å². The molecule has 6 nitrogen and oxygen atoms in total. The monoisotopic (exact) mass is 362 g/mol. The molecule has 0 aromatic heterocycles. The molecule has 0 heterocycles. The van der Waals surface area contributed by atoms with Crippen LogP contribution in [0.5, 0.6) is 5.75 Å². The first-order valence-corrected chi connectivity index (χ1v) is 9.36. The molecule has 134 valence electrons. The number of hydrogen-bond donors (Lipinski definition) is 1. The van der Waals surface area contributed by atoms with E-state index in [2.05, 4.69) is 5.32 Å². The van der Waals surface area contributed by atoms with Crippen LogP contribution in [0.4, 0.5) is 5.69 Å². The Labute approximate surface area is 148 Å². The second-order valence-electron chi connectivity index (χ2n) is 5.61. The van der Waals surface area contributed by atoms with Crippen molar-refractivity contribution in [1.82, 2.24) is 4.31 Å². The van der Waals surface area contributed by atoms with Gasteiger partial charge in [0.05, 0.1) is 17.2 Å². The van der Waals surface area contributed by atoms with Crippen molar-refractivity contribution in [2.24, 2.45) is 0 Å². The molecule has 25 heavy (non-hydrogen) atoms. The van der Waals surface area contributed by atoms with Crippen LogP contribution >= 0.6 is 0 Å². The molecule has 1 amide bonds. The van der Waals surface area contributed by atoms with Crippen molar-refractivity contribution < 1.29 is 17.9 Å². The Morgan fingerprint density at radius 1 is 1.12 bits per heavy atom. The fourth-order valence-corrected chi connectivity index (χ4v) is 3.06. The van der Waals surface area contributed by atoms with Crippen molar-refractivity contribution in [3.8, 4) is 5.75 Å². The number of anilines is 1. The van der Waals surface area contributed by atoms with Crippen molar-refractivity contribution in [2.45, 2.75) is 18.2 Å². The maximum atomic E-state index is 12.5. The lowest BCUT2D eigenvalue weighted by molar-refractivity contribution is 0.102. The van der Waals surface area contributed by atoms with E-state index in [1.807, 2.05) is 13.0 Å². The molecule has 0 atom stereocenters. The summed E-state index contributed by atoms with van der Waals surface area (Å²) in [5.74, 6) is 0.179. The molecule has 0 radical (unpaired) electrons. The predicted octanol–water partition coefficient (Wildman–Crippen LogP) is 2.98. The Kier molecular flexibility index (Phi) is 6.17. The van der Waals surface area contributed by atoms with E-state index in [-0.39, 0.29) is 10.5 Å². The third-order valence-electron chi connectivity index (χ3n) is 3.47. The van der Waals surface area contributed by atoms with Crippen LogP contribution in [0.25, 0.3) is 0 Å². The fourth-order valence-electron chi connectivity index (χ4n) is 2.11. The highest BCUT2D eigenvalue weighted by Gasteiger charge is 2.19. The van der Waals surface area contributed by atoms with Gasteiger partial charge in [-0.1, -0.05) is 25.1 Å². The van der Waals surface area contributed by atoms with Crippen LogP contribution in [0.3, 0.4) is 0 Å². The first-order chi connectivity index (χ1) is 11.9. The molecule has 0 fully saturated rings. The molecule has 1 N–H and O–H groups in total. The minimum absolute atomic E-state index is 0.0701. The molecule has 0 aliphatic heterocycles. The van der Waals surface area contributed by atoms with Gasteiger partial charge in [-0.15, -0.1) is 0 Å². The van der Waals surface area contributed by atoms with Gasteiger partial charge in [-0.2, -0.15) is 0 Å². The van der Waals surface area contributed by atoms with Crippen LogP contribution < -0.4 is 10.1 Å². The number of para-hydroxylation sites is 2. The second-order valence-corrected chi connectivity index (χ2v) is 7.77. The molecule has 0 aliphatic carbocycles. The Balaban J connectivity index is 2.26. The standard InChI is InChI=1S/C18H22N2O4S/c1-4-12-24-17-11-6-5-10-16(17)19-18(21)14-8-7-9-15(13-14)25(22,23)20(2)3/h5-11,13H,4,12H2,1-3H3,(H,19,21). The normalized spacial score (nSPS) is 11.4. The quantitative estimate of drug-likeness (QED) is 0.822. The fraction of sp³-hybridized carbons (Fsp3) is 0.278. The smallest absolute Gasteiger partial charge is 0.255 e. The summed E-state index contributed by atoms with van der Waals surface area (Å²) in [6, 6.07) is 13.1. The van der Waals surface area contributed by atoms with Gasteiger partial charge in [0.2, 0.25) is 10.0 Å². The molecule has 2 rings (SSSR count). The van der Waals surface area contributed by atoms with E-state index in [9.17, 15) is 13.2 Å². The zero-order valence-corrected chi connectivity index (χ0v) is 15.3. The summed E-state index contributed by atoms with van der Waals surface area (Å²) in [6.07, 6.45) is 0.854. The van der Waals surface area contributed by atoms with Gasteiger partial charge in [0.25, 0.3) is 5.91 Å². The number of hydrogen-bond acceptors (Lipinski definition) is 4. The molecular formula is C18H22N2O4S. The van der Waals surface area contributed by atoms with E-state index in [0.717, 1.165) is 10.7 Å². The van der Waals surface area contributed by atoms with Gasteiger partial charge in [-0.05, 0) is 36.8 Å². The van der Waals surface area contributed by atoms with Crippen molar-refractivity contribution in [3.05, 3.63) is 54.1 Å². The van der Waals surface area contributed by atoms with Crippen molar-refractivity contribution in [2.75, 3.05) is 26.0 Å². The number of benzene rings is 2. The number of ether oxygens (including phenoxy) is 1. The first-order valence-electron chi connectivity index (χ1n) is 7.92. The Bertz CT molecular complexity index is 848. The highest BCUT2D eigenvalue weighted by Crippen LogP contribution is 2.25. The SMILES string of the molecule is CCCOc1ccccc1NC(=O)c1cccc(S(=O)(=O)N(C)C)c1. The summed E-state index contributed by atoms with van der Waals surface area (Å²) in [5, 5.41) is 2.77. The van der Waals surface area contributed by atoms with Crippen molar-refractivity contribution >= 4 is 21.6 Å². The minimum Gasteiger partial charge on any atom is -0.491 e. The summed E-state index contributed by atoms with van der Waals surface area (Å²) in [5.41, 5.74) is 0.801. The van der Waals surface area contributed by atoms with Gasteiger partial charge in [-0.3, -0.25) is 4.79 Å². The second kappa shape index (κ2) is 8.13. The highest BCUT2D eigenvalue weighted by molar-refractivity contribution is 7.89.